The van der Waals surface area contributed by atoms with Gasteiger partial charge < -0.3 is 18.6 Å². The van der Waals surface area contributed by atoms with Crippen LogP contribution < -0.4 is 5.56 Å². The fourth-order valence-corrected chi connectivity index (χ4v) is 5.22. The van der Waals surface area contributed by atoms with Gasteiger partial charge in [-0.25, -0.2) is 24.1 Å². The SMILES string of the molecule is Cc1cn2cc(-c3ncc4c(=O)n([C@@H]5C[C@@H](C)N(C(=O)OC(C)(C)C)[C@@H](C)C5)ccc4n3)cc(F)c2n1. The Balaban J connectivity index is 1.43. The smallest absolute Gasteiger partial charge is 0.410 e. The summed E-state index contributed by atoms with van der Waals surface area (Å²) in [6.07, 6.45) is 7.62. The summed E-state index contributed by atoms with van der Waals surface area (Å²) in [7, 11) is 0. The highest BCUT2D eigenvalue weighted by atomic mass is 19.1. The van der Waals surface area contributed by atoms with Gasteiger partial charge in [0.05, 0.1) is 16.6 Å². The van der Waals surface area contributed by atoms with Crippen LogP contribution in [0.3, 0.4) is 0 Å². The molecule has 1 amide bonds. The molecule has 0 aromatic carbocycles. The molecule has 4 aromatic rings. The summed E-state index contributed by atoms with van der Waals surface area (Å²) in [5, 5.41) is 0.390. The Morgan fingerprint density at radius 2 is 1.84 bits per heavy atom. The Morgan fingerprint density at radius 1 is 1.14 bits per heavy atom. The van der Waals surface area contributed by atoms with E-state index in [0.717, 1.165) is 0 Å². The van der Waals surface area contributed by atoms with Gasteiger partial charge in [0.2, 0.25) is 0 Å². The lowest BCUT2D eigenvalue weighted by Gasteiger charge is -2.43. The summed E-state index contributed by atoms with van der Waals surface area (Å²) in [6, 6.07) is 2.86. The Hall–Kier alpha value is -3.82. The molecule has 0 aliphatic carbocycles. The zero-order chi connectivity index (χ0) is 26.6. The first-order valence-corrected chi connectivity index (χ1v) is 12.5. The summed E-state index contributed by atoms with van der Waals surface area (Å²) < 4.78 is 23.5. The van der Waals surface area contributed by atoms with Gasteiger partial charge in [0.25, 0.3) is 5.56 Å². The van der Waals surface area contributed by atoms with E-state index in [2.05, 4.69) is 15.0 Å². The molecule has 1 fully saturated rings. The van der Waals surface area contributed by atoms with E-state index in [1.807, 2.05) is 34.6 Å². The summed E-state index contributed by atoms with van der Waals surface area (Å²) >= 11 is 0. The lowest BCUT2D eigenvalue weighted by Crippen LogP contribution is -2.52. The number of pyridine rings is 2. The van der Waals surface area contributed by atoms with Crippen molar-refractivity contribution in [2.45, 2.75) is 78.1 Å². The number of halogens is 1. The van der Waals surface area contributed by atoms with Crippen LogP contribution in [0.15, 0.2) is 41.7 Å². The van der Waals surface area contributed by atoms with Crippen molar-refractivity contribution in [3.63, 3.8) is 0 Å². The number of amides is 1. The van der Waals surface area contributed by atoms with Crippen molar-refractivity contribution in [1.29, 1.82) is 0 Å². The molecule has 9 nitrogen and oxygen atoms in total. The number of hydrogen-bond donors (Lipinski definition) is 0. The van der Waals surface area contributed by atoms with Gasteiger partial charge in [0, 0.05) is 48.5 Å². The Labute approximate surface area is 213 Å². The topological polar surface area (TPSA) is 94.6 Å². The summed E-state index contributed by atoms with van der Waals surface area (Å²) in [5.74, 6) is -0.143. The monoisotopic (exact) mass is 506 g/mol. The van der Waals surface area contributed by atoms with Crippen molar-refractivity contribution in [2.24, 2.45) is 0 Å². The van der Waals surface area contributed by atoms with Crippen molar-refractivity contribution in [3.05, 3.63) is 58.8 Å². The van der Waals surface area contributed by atoms with E-state index in [1.54, 1.807) is 45.4 Å². The molecule has 1 saturated heterocycles. The maximum Gasteiger partial charge on any atom is 0.410 e. The van der Waals surface area contributed by atoms with Crippen LogP contribution >= 0.6 is 0 Å². The molecule has 4 aromatic heterocycles. The van der Waals surface area contributed by atoms with Crippen LogP contribution in [0.5, 0.6) is 0 Å². The van der Waals surface area contributed by atoms with Crippen LogP contribution in [0.4, 0.5) is 9.18 Å². The normalized spacial score (nSPS) is 20.5. The summed E-state index contributed by atoms with van der Waals surface area (Å²) in [6.45, 7) is 11.3. The lowest BCUT2D eigenvalue weighted by molar-refractivity contribution is -0.00632. The van der Waals surface area contributed by atoms with E-state index < -0.39 is 11.4 Å². The molecular weight excluding hydrogens is 475 g/mol. The second-order valence-corrected chi connectivity index (χ2v) is 10.9. The van der Waals surface area contributed by atoms with Crippen LogP contribution in [0, 0.1) is 12.7 Å². The van der Waals surface area contributed by atoms with Crippen LogP contribution in [-0.2, 0) is 4.74 Å². The number of aromatic nitrogens is 5. The second-order valence-electron chi connectivity index (χ2n) is 10.9. The van der Waals surface area contributed by atoms with Gasteiger partial charge in [0.1, 0.15) is 5.60 Å². The molecule has 0 bridgehead atoms. The first-order chi connectivity index (χ1) is 17.4. The number of ether oxygens (including phenoxy) is 1. The van der Waals surface area contributed by atoms with Crippen LogP contribution in [0.25, 0.3) is 27.9 Å². The first-order valence-electron chi connectivity index (χ1n) is 12.5. The number of fused-ring (bicyclic) bond motifs is 2. The highest BCUT2D eigenvalue weighted by molar-refractivity contribution is 5.78. The van der Waals surface area contributed by atoms with Crippen molar-refractivity contribution in [3.8, 4) is 11.4 Å². The molecule has 5 rings (SSSR count). The molecule has 0 unspecified atom stereocenters. The lowest BCUT2D eigenvalue weighted by atomic mass is 9.92. The molecule has 0 spiro atoms. The molecule has 10 heteroatoms. The number of rotatable bonds is 2. The molecule has 0 N–H and O–H groups in total. The average Bonchev–Trinajstić information content (AvgIpc) is 3.18. The molecule has 0 radical (unpaired) electrons. The number of carbonyl (C=O) groups is 1. The van der Waals surface area contributed by atoms with Crippen LogP contribution in [-0.4, -0.2) is 52.6 Å². The highest BCUT2D eigenvalue weighted by Crippen LogP contribution is 2.32. The van der Waals surface area contributed by atoms with Crippen LogP contribution in [0.1, 0.15) is 59.2 Å². The van der Waals surface area contributed by atoms with E-state index in [9.17, 15) is 14.0 Å². The molecule has 3 atom stereocenters. The van der Waals surface area contributed by atoms with E-state index in [4.69, 9.17) is 4.74 Å². The second kappa shape index (κ2) is 8.93. The largest absolute Gasteiger partial charge is 0.444 e. The minimum atomic E-state index is -0.573. The van der Waals surface area contributed by atoms with E-state index in [-0.39, 0.29) is 35.4 Å². The van der Waals surface area contributed by atoms with Crippen LogP contribution in [0.2, 0.25) is 0 Å². The van der Waals surface area contributed by atoms with Gasteiger partial charge in [-0.2, -0.15) is 0 Å². The highest BCUT2D eigenvalue weighted by Gasteiger charge is 2.37. The Bertz CT molecular complexity index is 1560. The maximum absolute atomic E-state index is 14.6. The zero-order valence-corrected chi connectivity index (χ0v) is 21.9. The summed E-state index contributed by atoms with van der Waals surface area (Å²) in [4.78, 5) is 41.1. The number of carbonyl (C=O) groups excluding carboxylic acids is 1. The third-order valence-corrected chi connectivity index (χ3v) is 6.73. The van der Waals surface area contributed by atoms with Crippen molar-refractivity contribution >= 4 is 22.6 Å². The first kappa shape index (κ1) is 24.9. The quantitative estimate of drug-likeness (QED) is 0.384. The fourth-order valence-electron chi connectivity index (χ4n) is 5.22. The van der Waals surface area contributed by atoms with Crippen molar-refractivity contribution in [1.82, 2.24) is 28.8 Å². The standard InChI is InChI=1S/C27H31FN6O3/c1-15-13-32-14-18(11-21(28)24(32)30-15)23-29-12-20-22(31-23)7-8-33(25(20)35)19-9-16(2)34(17(3)10-19)26(36)37-27(4,5)6/h7-8,11-14,16-17,19H,9-10H2,1-6H3/t16-,17+,19-. The number of hydrogen-bond acceptors (Lipinski definition) is 6. The van der Waals surface area contributed by atoms with Gasteiger partial charge in [-0.3, -0.25) is 4.79 Å². The molecule has 37 heavy (non-hydrogen) atoms. The van der Waals surface area contributed by atoms with Gasteiger partial charge in [-0.15, -0.1) is 0 Å². The van der Waals surface area contributed by atoms with E-state index in [1.165, 1.54) is 12.3 Å². The molecule has 1 aliphatic rings. The third-order valence-electron chi connectivity index (χ3n) is 6.73. The fraction of sp³-hybridized carbons (Fsp3) is 0.444. The predicted molar refractivity (Wildman–Crippen MR) is 138 cm³/mol. The van der Waals surface area contributed by atoms with E-state index in [0.29, 0.717) is 40.8 Å². The number of likely N-dealkylation sites (tertiary alicyclic amines) is 1. The Morgan fingerprint density at radius 3 is 2.51 bits per heavy atom. The number of nitrogens with zero attached hydrogens (tertiary/aromatic N) is 6. The van der Waals surface area contributed by atoms with Crippen molar-refractivity contribution in [2.75, 3.05) is 0 Å². The Kier molecular flexibility index (Phi) is 6.00. The zero-order valence-electron chi connectivity index (χ0n) is 21.9. The third kappa shape index (κ3) is 4.68. The number of piperidine rings is 1. The summed E-state index contributed by atoms with van der Waals surface area (Å²) in [5.41, 5.74) is 1.16. The molecular formula is C27H31FN6O3. The molecule has 1 aliphatic heterocycles. The molecule has 5 heterocycles. The van der Waals surface area contributed by atoms with E-state index >= 15 is 0 Å². The van der Waals surface area contributed by atoms with Crippen molar-refractivity contribution < 1.29 is 13.9 Å². The minimum absolute atomic E-state index is 0.0822. The van der Waals surface area contributed by atoms with Gasteiger partial charge >= 0.3 is 6.09 Å². The minimum Gasteiger partial charge on any atom is -0.444 e. The number of aryl methyl sites for hydroxylation is 1. The number of imidazole rings is 1. The predicted octanol–water partition coefficient (Wildman–Crippen LogP) is 4.90. The van der Waals surface area contributed by atoms with Gasteiger partial charge in [0.15, 0.2) is 17.3 Å². The maximum atomic E-state index is 14.6. The van der Waals surface area contributed by atoms with Gasteiger partial charge in [-0.05, 0) is 66.5 Å². The average molecular weight is 507 g/mol. The van der Waals surface area contributed by atoms with Gasteiger partial charge in [-0.1, -0.05) is 0 Å². The molecule has 0 saturated carbocycles. The molecule has 194 valence electrons.